The van der Waals surface area contributed by atoms with Gasteiger partial charge in [0.15, 0.2) is 5.69 Å². The summed E-state index contributed by atoms with van der Waals surface area (Å²) in [6.45, 7) is 10.1. The van der Waals surface area contributed by atoms with Gasteiger partial charge in [-0.05, 0) is 85.3 Å². The van der Waals surface area contributed by atoms with Crippen LogP contribution in [0.1, 0.15) is 91.3 Å². The van der Waals surface area contributed by atoms with Gasteiger partial charge in [-0.15, -0.1) is 0 Å². The third kappa shape index (κ3) is 5.26. The molecule has 0 unspecified atom stereocenters. The van der Waals surface area contributed by atoms with Gasteiger partial charge >= 0.3 is 11.9 Å². The summed E-state index contributed by atoms with van der Waals surface area (Å²) < 4.78 is 19.6. The van der Waals surface area contributed by atoms with E-state index in [-0.39, 0.29) is 18.5 Å². The number of halogens is 1. The van der Waals surface area contributed by atoms with Gasteiger partial charge in [0.05, 0.1) is 36.9 Å². The third-order valence-corrected chi connectivity index (χ3v) is 7.65. The van der Waals surface area contributed by atoms with Crippen molar-refractivity contribution in [1.82, 2.24) is 9.55 Å². The number of nitrogens with zero attached hydrogens (tertiary/aromatic N) is 2. The second-order valence-corrected chi connectivity index (χ2v) is 11.6. The summed E-state index contributed by atoms with van der Waals surface area (Å²) in [5.41, 5.74) is 5.55. The van der Waals surface area contributed by atoms with Gasteiger partial charge in [-0.1, -0.05) is 25.1 Å². The monoisotopic (exact) mass is 592 g/mol. The van der Waals surface area contributed by atoms with Crippen molar-refractivity contribution in [2.75, 3.05) is 6.61 Å². The van der Waals surface area contributed by atoms with Crippen molar-refractivity contribution in [3.63, 3.8) is 0 Å². The average molecular weight is 594 g/mol. The zero-order valence-electron chi connectivity index (χ0n) is 23.0. The molecule has 0 atom stereocenters. The van der Waals surface area contributed by atoms with Gasteiger partial charge in [-0.2, -0.15) is 0 Å². The molecule has 0 radical (unpaired) electrons. The fourth-order valence-electron chi connectivity index (χ4n) is 5.03. The van der Waals surface area contributed by atoms with Gasteiger partial charge in [0.2, 0.25) is 0 Å². The Hall–Kier alpha value is -3.39. The van der Waals surface area contributed by atoms with Gasteiger partial charge < -0.3 is 18.5 Å². The zero-order chi connectivity index (χ0) is 27.9. The summed E-state index contributed by atoms with van der Waals surface area (Å²) in [5.74, 6) is 0.362. The van der Waals surface area contributed by atoms with E-state index in [1.807, 2.05) is 63.5 Å². The molecule has 2 aliphatic carbocycles. The highest BCUT2D eigenvalue weighted by Crippen LogP contribution is 2.48. The van der Waals surface area contributed by atoms with E-state index >= 15 is 0 Å². The standard InChI is InChI=1S/C31H33BrN2O5/c1-6-24-33-27(18-12-13-18)28(30(36)38-7-2)34(24)16-22-19-14-15-37-17-23(19)26(32)25(22)20-10-8-9-11-21(20)29(35)39-31(3,4)5/h8-11,14-15,17-18H,6-7,12-13,16H2,1-5H3. The highest BCUT2D eigenvalue weighted by molar-refractivity contribution is 9.10. The number of aromatic nitrogens is 2. The highest BCUT2D eigenvalue weighted by atomic mass is 79.9. The van der Waals surface area contributed by atoms with Gasteiger partial charge in [0, 0.05) is 27.9 Å². The van der Waals surface area contributed by atoms with Crippen LogP contribution < -0.4 is 0 Å². The Morgan fingerprint density at radius 1 is 1.08 bits per heavy atom. The molecule has 7 nitrogen and oxygen atoms in total. The predicted molar refractivity (Wildman–Crippen MR) is 152 cm³/mol. The van der Waals surface area contributed by atoms with E-state index in [9.17, 15) is 9.59 Å². The Bertz CT molecular complexity index is 1510. The molecule has 1 aliphatic heterocycles. The molecule has 2 aromatic rings. The summed E-state index contributed by atoms with van der Waals surface area (Å²) in [4.78, 5) is 31.5. The predicted octanol–water partition coefficient (Wildman–Crippen LogP) is 7.63. The number of benzene rings is 1. The van der Waals surface area contributed by atoms with Crippen LogP contribution in [0.2, 0.25) is 0 Å². The largest absolute Gasteiger partial charge is 0.472 e. The first-order valence-electron chi connectivity index (χ1n) is 13.4. The number of hydrogen-bond acceptors (Lipinski definition) is 6. The van der Waals surface area contributed by atoms with Crippen molar-refractivity contribution in [3.05, 3.63) is 75.7 Å². The maximum absolute atomic E-state index is 13.3. The second kappa shape index (κ2) is 10.6. The van der Waals surface area contributed by atoms with Crippen molar-refractivity contribution < 1.29 is 23.5 Å². The Balaban J connectivity index is 1.72. The van der Waals surface area contributed by atoms with Crippen molar-refractivity contribution in [2.45, 2.75) is 71.9 Å². The van der Waals surface area contributed by atoms with E-state index < -0.39 is 11.6 Å². The molecule has 1 aromatic carbocycles. The molecule has 204 valence electrons. The Kier molecular flexibility index (Phi) is 7.42. The molecule has 1 aromatic heterocycles. The fourth-order valence-corrected chi connectivity index (χ4v) is 5.79. The van der Waals surface area contributed by atoms with Crippen LogP contribution in [0.5, 0.6) is 0 Å². The lowest BCUT2D eigenvalue weighted by Gasteiger charge is -2.21. The SMILES string of the molecule is CCOC(=O)c1c(C2CC2)nc(CC)n1Cc1c2ccocc-2c(Br)c1-c1ccccc1C(=O)OC(C)(C)C. The maximum Gasteiger partial charge on any atom is 0.356 e. The van der Waals surface area contributed by atoms with E-state index in [1.165, 1.54) is 0 Å². The van der Waals surface area contributed by atoms with Gasteiger partial charge in [-0.3, -0.25) is 0 Å². The number of ether oxygens (including phenoxy) is 2. The van der Waals surface area contributed by atoms with E-state index in [1.54, 1.807) is 18.6 Å². The van der Waals surface area contributed by atoms with Gasteiger partial charge in [-0.25, -0.2) is 14.6 Å². The van der Waals surface area contributed by atoms with Crippen LogP contribution in [0.3, 0.4) is 0 Å². The van der Waals surface area contributed by atoms with Crippen LogP contribution in [-0.4, -0.2) is 33.7 Å². The lowest BCUT2D eigenvalue weighted by molar-refractivity contribution is 0.00702. The molecule has 0 amide bonds. The van der Waals surface area contributed by atoms with Crippen molar-refractivity contribution in [1.29, 1.82) is 0 Å². The van der Waals surface area contributed by atoms with Crippen LogP contribution >= 0.6 is 15.9 Å². The molecule has 0 N–H and O–H groups in total. The van der Waals surface area contributed by atoms with Crippen LogP contribution in [0.25, 0.3) is 22.3 Å². The fraction of sp³-hybridized carbons (Fsp3) is 0.387. The summed E-state index contributed by atoms with van der Waals surface area (Å²) in [5, 5.41) is 0. The number of carbonyl (C=O) groups excluding carboxylic acids is 2. The van der Waals surface area contributed by atoms with E-state index in [0.717, 1.165) is 56.6 Å². The number of carbonyl (C=O) groups is 2. The van der Waals surface area contributed by atoms with Crippen LogP contribution in [-0.2, 0) is 22.4 Å². The van der Waals surface area contributed by atoms with Gasteiger partial charge in [0.1, 0.15) is 11.4 Å². The lowest BCUT2D eigenvalue weighted by Crippen LogP contribution is -2.24. The average Bonchev–Trinajstić information content (AvgIpc) is 3.62. The van der Waals surface area contributed by atoms with Crippen LogP contribution in [0.4, 0.5) is 0 Å². The van der Waals surface area contributed by atoms with Gasteiger partial charge in [0.25, 0.3) is 0 Å². The molecule has 3 aliphatic rings. The Morgan fingerprint density at radius 2 is 1.82 bits per heavy atom. The Labute approximate surface area is 237 Å². The first kappa shape index (κ1) is 27.2. The minimum Gasteiger partial charge on any atom is -0.472 e. The quantitative estimate of drug-likeness (QED) is 0.195. The van der Waals surface area contributed by atoms with Crippen LogP contribution in [0, 0.1) is 0 Å². The number of imidazole rings is 1. The molecule has 0 spiro atoms. The molecule has 8 heteroatoms. The van der Waals surface area contributed by atoms with Crippen molar-refractivity contribution >= 4 is 27.9 Å². The maximum atomic E-state index is 13.3. The highest BCUT2D eigenvalue weighted by Gasteiger charge is 2.36. The molecule has 1 saturated carbocycles. The topological polar surface area (TPSA) is 83.6 Å². The lowest BCUT2D eigenvalue weighted by atomic mass is 9.97. The molecule has 0 bridgehead atoms. The minimum absolute atomic E-state index is 0.283. The normalized spacial score (nSPS) is 13.6. The molecule has 0 saturated heterocycles. The van der Waals surface area contributed by atoms with E-state index in [2.05, 4.69) is 15.9 Å². The minimum atomic E-state index is -0.638. The van der Waals surface area contributed by atoms with Crippen molar-refractivity contribution in [3.8, 4) is 22.3 Å². The summed E-state index contributed by atoms with van der Waals surface area (Å²) in [7, 11) is 0. The molecular formula is C31H33BrN2O5. The molecule has 2 heterocycles. The first-order chi connectivity index (χ1) is 18.6. The zero-order valence-corrected chi connectivity index (χ0v) is 24.6. The number of hydrogen-bond donors (Lipinski definition) is 0. The van der Waals surface area contributed by atoms with E-state index in [4.69, 9.17) is 18.9 Å². The smallest absolute Gasteiger partial charge is 0.356 e. The molecule has 39 heavy (non-hydrogen) atoms. The van der Waals surface area contributed by atoms with Crippen molar-refractivity contribution in [2.24, 2.45) is 0 Å². The summed E-state index contributed by atoms with van der Waals surface area (Å²) >= 11 is 3.82. The first-order valence-corrected chi connectivity index (χ1v) is 14.2. The van der Waals surface area contributed by atoms with Crippen LogP contribution in [0.15, 0.2) is 51.7 Å². The summed E-state index contributed by atoms with van der Waals surface area (Å²) in [6.07, 6.45) is 6.04. The Morgan fingerprint density at radius 3 is 2.49 bits per heavy atom. The number of esters is 2. The number of fused-ring (bicyclic) bond motifs is 1. The second-order valence-electron chi connectivity index (χ2n) is 10.8. The molecular weight excluding hydrogens is 560 g/mol. The van der Waals surface area contributed by atoms with E-state index in [0.29, 0.717) is 24.2 Å². The molecule has 1 fully saturated rings. The molecule has 5 rings (SSSR count). The summed E-state index contributed by atoms with van der Waals surface area (Å²) in [6, 6.07) is 9.37. The number of aryl methyl sites for hydroxylation is 1. The number of rotatable bonds is 8. The third-order valence-electron chi connectivity index (χ3n) is 6.83.